The Kier molecular flexibility index (Phi) is 8.94. The quantitative estimate of drug-likeness (QED) is 0.783. The largest absolute Gasteiger partial charge is 0.343 e. The normalized spacial score (nSPS) is 24.1. The van der Waals surface area contributed by atoms with Crippen LogP contribution >= 0.6 is 12.4 Å². The van der Waals surface area contributed by atoms with Gasteiger partial charge in [-0.3, -0.25) is 4.79 Å². The molecule has 0 spiro atoms. The summed E-state index contributed by atoms with van der Waals surface area (Å²) in [5.74, 6) is 2.47. The average molecular weight is 379 g/mol. The summed E-state index contributed by atoms with van der Waals surface area (Å²) < 4.78 is 0. The van der Waals surface area contributed by atoms with Gasteiger partial charge in [0.1, 0.15) is 0 Å². The minimum absolute atomic E-state index is 0. The molecule has 0 radical (unpaired) electrons. The van der Waals surface area contributed by atoms with Crippen LogP contribution in [0.1, 0.15) is 63.4 Å². The predicted octanol–water partition coefficient (Wildman–Crippen LogP) is 4.62. The Balaban J connectivity index is 0.00000243. The van der Waals surface area contributed by atoms with Crippen LogP contribution in [0.25, 0.3) is 0 Å². The highest BCUT2D eigenvalue weighted by atomic mass is 35.5. The lowest BCUT2D eigenvalue weighted by molar-refractivity contribution is -0.133. The van der Waals surface area contributed by atoms with Gasteiger partial charge in [-0.25, -0.2) is 0 Å². The minimum Gasteiger partial charge on any atom is -0.343 e. The summed E-state index contributed by atoms with van der Waals surface area (Å²) in [5, 5.41) is 3.44. The molecule has 0 unspecified atom stereocenters. The number of piperidine rings is 1. The van der Waals surface area contributed by atoms with Crippen molar-refractivity contribution in [3.8, 4) is 0 Å². The monoisotopic (exact) mass is 378 g/mol. The molecule has 1 amide bonds. The molecule has 0 atom stereocenters. The van der Waals surface area contributed by atoms with E-state index in [-0.39, 0.29) is 12.4 Å². The third kappa shape index (κ3) is 5.99. The first-order chi connectivity index (χ1) is 12.3. The van der Waals surface area contributed by atoms with E-state index in [1.165, 1.54) is 44.1 Å². The Labute approximate surface area is 165 Å². The molecule has 0 bridgehead atoms. The SMILES string of the molecule is CCNCC1CCN(C(=O)CC2CCC(c3ccccc3)CC2)CC1.Cl. The van der Waals surface area contributed by atoms with E-state index in [0.717, 1.165) is 38.5 Å². The van der Waals surface area contributed by atoms with Crippen molar-refractivity contribution in [2.75, 3.05) is 26.2 Å². The highest BCUT2D eigenvalue weighted by Gasteiger charge is 2.27. The number of rotatable bonds is 6. The highest BCUT2D eigenvalue weighted by molar-refractivity contribution is 5.85. The molecule has 2 fully saturated rings. The van der Waals surface area contributed by atoms with Crippen LogP contribution in [0, 0.1) is 11.8 Å². The lowest BCUT2D eigenvalue weighted by atomic mass is 9.77. The number of hydrogen-bond acceptors (Lipinski definition) is 2. The molecule has 4 heteroatoms. The van der Waals surface area contributed by atoms with Crippen molar-refractivity contribution in [2.24, 2.45) is 11.8 Å². The number of carbonyl (C=O) groups is 1. The molecular weight excluding hydrogens is 344 g/mol. The van der Waals surface area contributed by atoms with Crippen LogP contribution in [0.2, 0.25) is 0 Å². The second kappa shape index (κ2) is 10.9. The minimum atomic E-state index is 0. The van der Waals surface area contributed by atoms with Gasteiger partial charge in [-0.05, 0) is 74.9 Å². The topological polar surface area (TPSA) is 32.3 Å². The number of nitrogens with zero attached hydrogens (tertiary/aromatic N) is 1. The molecule has 1 aliphatic heterocycles. The Hall–Kier alpha value is -1.06. The molecule has 1 aliphatic carbocycles. The molecule has 1 aromatic carbocycles. The molecule has 146 valence electrons. The lowest BCUT2D eigenvalue weighted by Gasteiger charge is -2.34. The van der Waals surface area contributed by atoms with Gasteiger partial charge in [-0.2, -0.15) is 0 Å². The van der Waals surface area contributed by atoms with E-state index < -0.39 is 0 Å². The predicted molar refractivity (Wildman–Crippen MR) is 111 cm³/mol. The third-order valence-electron chi connectivity index (χ3n) is 6.23. The summed E-state index contributed by atoms with van der Waals surface area (Å²) in [5.41, 5.74) is 1.48. The Morgan fingerprint density at radius 2 is 1.65 bits per heavy atom. The number of benzene rings is 1. The Morgan fingerprint density at radius 1 is 1.00 bits per heavy atom. The molecule has 1 heterocycles. The fourth-order valence-electron chi connectivity index (χ4n) is 4.54. The third-order valence-corrected chi connectivity index (χ3v) is 6.23. The summed E-state index contributed by atoms with van der Waals surface area (Å²) in [4.78, 5) is 14.8. The first-order valence-corrected chi connectivity index (χ1v) is 10.3. The summed E-state index contributed by atoms with van der Waals surface area (Å²) in [6.45, 7) is 6.25. The molecular formula is C22H35ClN2O. The maximum absolute atomic E-state index is 12.6. The molecule has 3 nitrogen and oxygen atoms in total. The number of amides is 1. The summed E-state index contributed by atoms with van der Waals surface area (Å²) in [6.07, 6.45) is 8.02. The number of nitrogens with one attached hydrogen (secondary N) is 1. The number of carbonyl (C=O) groups excluding carboxylic acids is 1. The zero-order valence-corrected chi connectivity index (χ0v) is 17.0. The fraction of sp³-hybridized carbons (Fsp3) is 0.682. The highest BCUT2D eigenvalue weighted by Crippen LogP contribution is 2.37. The number of likely N-dealkylation sites (tertiary alicyclic amines) is 1. The maximum Gasteiger partial charge on any atom is 0.222 e. The van der Waals surface area contributed by atoms with Crippen molar-refractivity contribution in [3.05, 3.63) is 35.9 Å². The van der Waals surface area contributed by atoms with Gasteiger partial charge in [0.25, 0.3) is 0 Å². The first kappa shape index (κ1) is 21.2. The molecule has 1 aromatic rings. The summed E-state index contributed by atoms with van der Waals surface area (Å²) in [7, 11) is 0. The zero-order valence-electron chi connectivity index (χ0n) is 16.2. The van der Waals surface area contributed by atoms with Gasteiger partial charge in [-0.1, -0.05) is 37.3 Å². The summed E-state index contributed by atoms with van der Waals surface area (Å²) in [6, 6.07) is 10.9. The smallest absolute Gasteiger partial charge is 0.222 e. The lowest BCUT2D eigenvalue weighted by Crippen LogP contribution is -2.41. The molecule has 26 heavy (non-hydrogen) atoms. The average Bonchev–Trinajstić information content (AvgIpc) is 2.68. The summed E-state index contributed by atoms with van der Waals surface area (Å²) >= 11 is 0. The van der Waals surface area contributed by atoms with Crippen LogP contribution < -0.4 is 5.32 Å². The van der Waals surface area contributed by atoms with Crippen molar-refractivity contribution in [1.29, 1.82) is 0 Å². The Morgan fingerprint density at radius 3 is 2.27 bits per heavy atom. The number of hydrogen-bond donors (Lipinski definition) is 1. The van der Waals surface area contributed by atoms with E-state index >= 15 is 0 Å². The van der Waals surface area contributed by atoms with Crippen LogP contribution in [0.5, 0.6) is 0 Å². The first-order valence-electron chi connectivity index (χ1n) is 10.3. The van der Waals surface area contributed by atoms with E-state index in [2.05, 4.69) is 47.5 Å². The molecule has 1 saturated carbocycles. The van der Waals surface area contributed by atoms with E-state index in [1.54, 1.807) is 0 Å². The zero-order chi connectivity index (χ0) is 17.5. The standard InChI is InChI=1S/C22H34N2O.ClH/c1-2-23-17-19-12-14-24(15-13-19)22(25)16-18-8-10-21(11-9-18)20-6-4-3-5-7-20;/h3-7,18-19,21,23H,2,8-17H2,1H3;1H. The molecule has 1 N–H and O–H groups in total. The van der Waals surface area contributed by atoms with Gasteiger partial charge < -0.3 is 10.2 Å². The molecule has 3 rings (SSSR count). The van der Waals surface area contributed by atoms with Crippen molar-refractivity contribution in [3.63, 3.8) is 0 Å². The van der Waals surface area contributed by atoms with E-state index in [9.17, 15) is 4.79 Å². The molecule has 1 saturated heterocycles. The fourth-order valence-corrected chi connectivity index (χ4v) is 4.54. The molecule has 2 aliphatic rings. The van der Waals surface area contributed by atoms with E-state index in [4.69, 9.17) is 0 Å². The van der Waals surface area contributed by atoms with Crippen molar-refractivity contribution < 1.29 is 4.79 Å². The van der Waals surface area contributed by atoms with Crippen molar-refractivity contribution >= 4 is 18.3 Å². The van der Waals surface area contributed by atoms with Gasteiger partial charge >= 0.3 is 0 Å². The van der Waals surface area contributed by atoms with Gasteiger partial charge in [0.15, 0.2) is 0 Å². The van der Waals surface area contributed by atoms with Crippen LogP contribution in [0.3, 0.4) is 0 Å². The van der Waals surface area contributed by atoms with Crippen LogP contribution in [-0.4, -0.2) is 37.0 Å². The number of halogens is 1. The van der Waals surface area contributed by atoms with Crippen LogP contribution in [-0.2, 0) is 4.79 Å². The second-order valence-electron chi connectivity index (χ2n) is 7.96. The van der Waals surface area contributed by atoms with Crippen molar-refractivity contribution in [1.82, 2.24) is 10.2 Å². The maximum atomic E-state index is 12.6. The van der Waals surface area contributed by atoms with Gasteiger partial charge in [-0.15, -0.1) is 12.4 Å². The van der Waals surface area contributed by atoms with E-state index in [1.807, 2.05) is 0 Å². The van der Waals surface area contributed by atoms with Gasteiger partial charge in [0.05, 0.1) is 0 Å². The Bertz CT molecular complexity index is 520. The van der Waals surface area contributed by atoms with Gasteiger partial charge in [0, 0.05) is 19.5 Å². The van der Waals surface area contributed by atoms with Gasteiger partial charge in [0.2, 0.25) is 5.91 Å². The van der Waals surface area contributed by atoms with E-state index in [0.29, 0.717) is 17.7 Å². The van der Waals surface area contributed by atoms with Crippen LogP contribution in [0.15, 0.2) is 30.3 Å². The second-order valence-corrected chi connectivity index (χ2v) is 7.96. The van der Waals surface area contributed by atoms with Crippen LogP contribution in [0.4, 0.5) is 0 Å². The molecule has 0 aromatic heterocycles. The van der Waals surface area contributed by atoms with Crippen molar-refractivity contribution in [2.45, 2.75) is 57.8 Å².